The first-order valence-corrected chi connectivity index (χ1v) is 23.0. The maximum Gasteiger partial charge on any atom is 0.472 e. The van der Waals surface area contributed by atoms with Crippen molar-refractivity contribution in [3.8, 4) is 0 Å². The van der Waals surface area contributed by atoms with Gasteiger partial charge < -0.3 is 18.9 Å². The highest BCUT2D eigenvalue weighted by atomic mass is 31.2. The maximum atomic E-state index is 12.7. The first-order valence-electron chi connectivity index (χ1n) is 24.5. The Morgan fingerprint density at radius 2 is 1.04 bits per heavy atom. The van der Waals surface area contributed by atoms with Crippen molar-refractivity contribution >= 4 is 19.8 Å². The fourth-order valence-electron chi connectivity index (χ4n) is 5.98. The molecule has 0 aromatic carbocycles. The van der Waals surface area contributed by atoms with Crippen molar-refractivity contribution in [3.05, 3.63) is 12.2 Å². The summed E-state index contributed by atoms with van der Waals surface area (Å²) in [6.07, 6.45) is 35.0. The minimum Gasteiger partial charge on any atom is -0.462 e. The van der Waals surface area contributed by atoms with Gasteiger partial charge in [0.05, 0.1) is 35.8 Å². The lowest BCUT2D eigenvalue weighted by atomic mass is 10.0. The molecule has 0 spiro atoms. The van der Waals surface area contributed by atoms with Gasteiger partial charge in [0.2, 0.25) is 0 Å². The van der Waals surface area contributed by atoms with Crippen LogP contribution >= 0.6 is 7.82 Å². The zero-order valence-corrected chi connectivity index (χ0v) is 35.2. The highest BCUT2D eigenvalue weighted by Crippen LogP contribution is 2.43. The molecule has 9 nitrogen and oxygen atoms in total. The predicted molar refractivity (Wildman–Crippen MR) is 220 cm³/mol. The van der Waals surface area contributed by atoms with E-state index in [-0.39, 0.29) is 19.4 Å². The van der Waals surface area contributed by atoms with E-state index in [0.717, 1.165) is 64.8 Å². The first kappa shape index (κ1) is 41.4. The number of hydrogen-bond acceptors (Lipinski definition) is 7. The molecule has 2 atom stereocenters. The van der Waals surface area contributed by atoms with Gasteiger partial charge in [-0.1, -0.05) is 161 Å². The van der Waals surface area contributed by atoms with Crippen molar-refractivity contribution in [2.45, 2.75) is 206 Å². The highest BCUT2D eigenvalue weighted by Gasteiger charge is 2.27. The van der Waals surface area contributed by atoms with Gasteiger partial charge in [0.15, 0.2) is 6.10 Å². The third kappa shape index (κ3) is 40.2. The summed E-state index contributed by atoms with van der Waals surface area (Å²) >= 11 is 0. The van der Waals surface area contributed by atoms with E-state index < -0.39 is 64.1 Å². The number of carbonyl (C=O) groups excluding carboxylic acids is 2. The Labute approximate surface area is 335 Å². The predicted octanol–water partition coefficient (Wildman–Crippen LogP) is 12.2. The van der Waals surface area contributed by atoms with Crippen molar-refractivity contribution in [1.29, 1.82) is 0 Å². The van der Waals surface area contributed by atoms with E-state index in [1.165, 1.54) is 103 Å². The zero-order valence-electron chi connectivity index (χ0n) is 40.3. The molecule has 0 aliphatic rings. The minimum atomic E-state index is -4.84. The third-order valence-electron chi connectivity index (χ3n) is 9.32. The molecule has 10 heteroatoms. The lowest BCUT2D eigenvalue weighted by Gasteiger charge is -2.24. The molecule has 0 saturated heterocycles. The molecule has 0 rings (SSSR count). The van der Waals surface area contributed by atoms with E-state index in [0.29, 0.717) is 12.8 Å². The Balaban J connectivity index is 4.74. The smallest absolute Gasteiger partial charge is 0.462 e. The molecule has 0 aliphatic heterocycles. The normalized spacial score (nSPS) is 15.8. The third-order valence-corrected chi connectivity index (χ3v) is 10.3. The number of quaternary nitrogens is 1. The van der Waals surface area contributed by atoms with Crippen LogP contribution in [-0.2, 0) is 32.7 Å². The van der Waals surface area contributed by atoms with Gasteiger partial charge in [0, 0.05) is 12.8 Å². The van der Waals surface area contributed by atoms with Gasteiger partial charge in [0.25, 0.3) is 0 Å². The van der Waals surface area contributed by atoms with E-state index in [1.54, 1.807) is 0 Å². The highest BCUT2D eigenvalue weighted by molar-refractivity contribution is 7.47. The molecule has 314 valence electrons. The summed E-state index contributed by atoms with van der Waals surface area (Å²) in [4.78, 5) is 35.6. The summed E-state index contributed by atoms with van der Waals surface area (Å²) in [5, 5.41) is 0. The molecule has 53 heavy (non-hydrogen) atoms. The van der Waals surface area contributed by atoms with Gasteiger partial charge in [-0.3, -0.25) is 18.6 Å². The maximum absolute atomic E-state index is 12.7. The molecule has 1 N–H and O–H groups in total. The van der Waals surface area contributed by atoms with E-state index in [9.17, 15) is 19.0 Å². The van der Waals surface area contributed by atoms with Crippen LogP contribution in [0.2, 0.25) is 0 Å². The van der Waals surface area contributed by atoms with Gasteiger partial charge in [0.1, 0.15) is 19.8 Å². The second-order valence-corrected chi connectivity index (χ2v) is 16.4. The van der Waals surface area contributed by atoms with Crippen LogP contribution in [0.4, 0.5) is 0 Å². The number of likely N-dealkylation sites (N-methyl/N-ethyl adjacent to an activating group) is 1. The van der Waals surface area contributed by atoms with Gasteiger partial charge in [-0.2, -0.15) is 0 Å². The lowest BCUT2D eigenvalue weighted by Crippen LogP contribution is -2.37. The van der Waals surface area contributed by atoms with E-state index in [1.807, 2.05) is 0 Å². The van der Waals surface area contributed by atoms with E-state index in [2.05, 4.69) is 26.0 Å². The molecule has 0 fully saturated rings. The van der Waals surface area contributed by atoms with Crippen LogP contribution in [0.3, 0.4) is 0 Å². The minimum absolute atomic E-state index is 0.121. The number of allylic oxidation sites excluding steroid dienone is 2. The summed E-state index contributed by atoms with van der Waals surface area (Å²) in [6.45, 7) is -3.80. The van der Waals surface area contributed by atoms with Gasteiger partial charge in [-0.25, -0.2) is 4.57 Å². The SMILES string of the molecule is [2H]C([2H])([2H])[N+](C)(CCOP(=O)(O)OCC(COC(=O)CCCCCCCCCCCCCCCC)OC(=O)CCCCCCC/C=C/CCCCCCCC)C([2H])([2H])[2H]. The number of esters is 2. The standard InChI is InChI=1S/C43H84NO8P/c1-6-8-10-12-14-16-18-20-22-24-26-28-30-32-34-36-43(46)52-41(40-51-53(47,48)50-38-37-44(3,4)5)39-49-42(45)35-33-31-29-27-25-23-21-19-17-15-13-11-9-7-2/h20,22,41H,6-19,21,23-40H2,1-5H3/p+1/b22-20+/i3D3,4D3. The van der Waals surface area contributed by atoms with Crippen LogP contribution in [-0.4, -0.2) is 74.8 Å². The van der Waals surface area contributed by atoms with Crippen molar-refractivity contribution in [2.24, 2.45) is 0 Å². The Morgan fingerprint density at radius 3 is 1.49 bits per heavy atom. The molecule has 0 radical (unpaired) electrons. The summed E-state index contributed by atoms with van der Waals surface area (Å²) in [6, 6.07) is 0. The van der Waals surface area contributed by atoms with Crippen molar-refractivity contribution in [3.63, 3.8) is 0 Å². The number of phosphoric ester groups is 1. The zero-order chi connectivity index (χ0) is 44.3. The molecular weight excluding hydrogens is 689 g/mol. The van der Waals surface area contributed by atoms with Gasteiger partial charge in [-0.05, 0) is 38.5 Å². The van der Waals surface area contributed by atoms with Crippen LogP contribution < -0.4 is 0 Å². The van der Waals surface area contributed by atoms with Crippen LogP contribution in [0, 0.1) is 0 Å². The average Bonchev–Trinajstić information content (AvgIpc) is 3.16. The summed E-state index contributed by atoms with van der Waals surface area (Å²) in [7, 11) is -3.85. The molecule has 0 saturated carbocycles. The van der Waals surface area contributed by atoms with Crippen LogP contribution in [0.5, 0.6) is 0 Å². The molecule has 2 unspecified atom stereocenters. The Morgan fingerprint density at radius 1 is 0.623 bits per heavy atom. The second kappa shape index (κ2) is 36.4. The quantitative estimate of drug-likeness (QED) is 0.0215. The molecule has 0 bridgehead atoms. The van der Waals surface area contributed by atoms with Crippen LogP contribution in [0.15, 0.2) is 12.2 Å². The summed E-state index contributed by atoms with van der Waals surface area (Å²) < 4.78 is 78.1. The fraction of sp³-hybridized carbons (Fsp3) is 0.907. The summed E-state index contributed by atoms with van der Waals surface area (Å²) in [5.41, 5.74) is 0. The molecular formula is C43H85NO8P+. The monoisotopic (exact) mass is 781 g/mol. The topological polar surface area (TPSA) is 108 Å². The second-order valence-electron chi connectivity index (χ2n) is 15.0. The molecule has 0 heterocycles. The summed E-state index contributed by atoms with van der Waals surface area (Å²) in [5.74, 6) is -1.03. The van der Waals surface area contributed by atoms with Gasteiger partial charge in [-0.15, -0.1) is 0 Å². The largest absolute Gasteiger partial charge is 0.472 e. The number of hydrogen-bond donors (Lipinski definition) is 1. The Bertz CT molecular complexity index is 1110. The molecule has 0 aromatic heterocycles. The molecule has 0 aliphatic carbocycles. The number of phosphoric acid groups is 1. The van der Waals surface area contributed by atoms with Crippen molar-refractivity contribution in [1.82, 2.24) is 0 Å². The average molecular weight is 781 g/mol. The number of nitrogens with zero attached hydrogens (tertiary/aromatic N) is 1. The van der Waals surface area contributed by atoms with Gasteiger partial charge >= 0.3 is 19.8 Å². The van der Waals surface area contributed by atoms with E-state index in [4.69, 9.17) is 26.7 Å². The number of ether oxygens (including phenoxy) is 2. The Hall–Kier alpha value is -1.25. The van der Waals surface area contributed by atoms with Crippen LogP contribution in [0.1, 0.15) is 208 Å². The molecule has 0 amide bonds. The van der Waals surface area contributed by atoms with E-state index >= 15 is 0 Å². The lowest BCUT2D eigenvalue weighted by molar-refractivity contribution is -0.870. The number of rotatable bonds is 40. The fourth-order valence-corrected chi connectivity index (χ4v) is 6.72. The number of unbranched alkanes of at least 4 members (excludes halogenated alkanes) is 24. The van der Waals surface area contributed by atoms with Crippen LogP contribution in [0.25, 0.3) is 0 Å². The number of carbonyl (C=O) groups is 2. The van der Waals surface area contributed by atoms with Crippen molar-refractivity contribution < 1.29 is 50.3 Å². The Kier molecular flexibility index (Phi) is 28.4. The first-order chi connectivity index (χ1) is 28.0. The molecule has 0 aromatic rings. The van der Waals surface area contributed by atoms with Crippen molar-refractivity contribution in [2.75, 3.05) is 47.4 Å².